The minimum atomic E-state index is 0.627. The smallest absolute Gasteiger partial charge is 0.187 e. The maximum atomic E-state index is 7.81. The van der Waals surface area contributed by atoms with Crippen molar-refractivity contribution >= 4 is 48.8 Å². The van der Waals surface area contributed by atoms with Crippen molar-refractivity contribution in [3.05, 3.63) is 151 Å². The Balaban J connectivity index is 1.54. The minimum Gasteiger partial charge on any atom is -0.238 e. The molecule has 0 aliphatic rings. The molecular formula is C39H23N3. The maximum absolute atomic E-state index is 7.81. The molecule has 1 heterocycles. The number of fused-ring (bicyclic) bond motifs is 4. The highest BCUT2D eigenvalue weighted by Gasteiger charge is 2.19. The van der Waals surface area contributed by atoms with Gasteiger partial charge in [0.25, 0.3) is 0 Å². The van der Waals surface area contributed by atoms with Crippen LogP contribution in [0.3, 0.4) is 0 Å². The van der Waals surface area contributed by atoms with Crippen LogP contribution in [0.15, 0.2) is 140 Å². The van der Waals surface area contributed by atoms with Crippen molar-refractivity contribution in [3.8, 4) is 33.6 Å². The SMILES string of the molecule is [C-]#[N+]c1ccc2c(-c3ccc4ccccc4c3)c3cc(-c4ncccn4)ccc3c(-c3ccc4ccccc4c3)c2c1. The Morgan fingerprint density at radius 1 is 0.429 bits per heavy atom. The van der Waals surface area contributed by atoms with Gasteiger partial charge in [0, 0.05) is 18.0 Å². The van der Waals surface area contributed by atoms with Crippen LogP contribution in [0.1, 0.15) is 0 Å². The lowest BCUT2D eigenvalue weighted by molar-refractivity contribution is 1.18. The van der Waals surface area contributed by atoms with E-state index in [0.717, 1.165) is 49.4 Å². The van der Waals surface area contributed by atoms with E-state index in [1.54, 1.807) is 12.4 Å². The first-order valence-corrected chi connectivity index (χ1v) is 13.9. The molecule has 8 rings (SSSR count). The van der Waals surface area contributed by atoms with E-state index in [4.69, 9.17) is 6.57 Å². The lowest BCUT2D eigenvalue weighted by Crippen LogP contribution is -1.93. The Labute approximate surface area is 243 Å². The van der Waals surface area contributed by atoms with Gasteiger partial charge in [-0.25, -0.2) is 14.8 Å². The van der Waals surface area contributed by atoms with E-state index in [1.807, 2.05) is 18.2 Å². The fourth-order valence-electron chi connectivity index (χ4n) is 6.18. The molecule has 0 saturated carbocycles. The van der Waals surface area contributed by atoms with Gasteiger partial charge in [-0.2, -0.15) is 0 Å². The lowest BCUT2D eigenvalue weighted by Gasteiger charge is -2.19. The summed E-state index contributed by atoms with van der Waals surface area (Å²) in [5.41, 5.74) is 6.12. The van der Waals surface area contributed by atoms with Crippen LogP contribution in [-0.4, -0.2) is 9.97 Å². The van der Waals surface area contributed by atoms with Crippen molar-refractivity contribution in [1.82, 2.24) is 9.97 Å². The number of rotatable bonds is 3. The molecule has 1 aromatic heterocycles. The fourth-order valence-corrected chi connectivity index (χ4v) is 6.18. The molecule has 3 heteroatoms. The zero-order valence-corrected chi connectivity index (χ0v) is 22.6. The summed E-state index contributed by atoms with van der Waals surface area (Å²) in [6.07, 6.45) is 3.56. The number of benzene rings is 7. The van der Waals surface area contributed by atoms with Crippen molar-refractivity contribution in [2.24, 2.45) is 0 Å². The summed E-state index contributed by atoms with van der Waals surface area (Å²) in [5, 5.41) is 9.21. The minimum absolute atomic E-state index is 0.627. The van der Waals surface area contributed by atoms with Gasteiger partial charge in [0.2, 0.25) is 0 Å². The molecule has 42 heavy (non-hydrogen) atoms. The van der Waals surface area contributed by atoms with Gasteiger partial charge in [-0.15, -0.1) is 0 Å². The molecule has 0 spiro atoms. The summed E-state index contributed by atoms with van der Waals surface area (Å²) in [6, 6.07) is 44.7. The second-order valence-corrected chi connectivity index (χ2v) is 10.5. The zero-order chi connectivity index (χ0) is 28.0. The number of hydrogen-bond acceptors (Lipinski definition) is 2. The molecule has 0 amide bonds. The maximum Gasteiger partial charge on any atom is 0.187 e. The first-order chi connectivity index (χ1) is 20.8. The molecule has 3 nitrogen and oxygen atoms in total. The van der Waals surface area contributed by atoms with E-state index in [9.17, 15) is 0 Å². The van der Waals surface area contributed by atoms with E-state index in [2.05, 4.69) is 124 Å². The van der Waals surface area contributed by atoms with Gasteiger partial charge in [0.1, 0.15) is 0 Å². The second-order valence-electron chi connectivity index (χ2n) is 10.5. The molecule has 8 aromatic rings. The standard InChI is InChI=1S/C39H23N3/c1-40-32-16-18-34-36(24-32)38(30-14-12-26-8-3-5-10-28(26)22-30)33-17-15-31(39-41-19-6-20-42-39)23-35(33)37(34)29-13-11-25-7-2-4-9-27(25)21-29/h2-24H. The fraction of sp³-hybridized carbons (Fsp3) is 0. The summed E-state index contributed by atoms with van der Waals surface area (Å²) >= 11 is 0. The van der Waals surface area contributed by atoms with Gasteiger partial charge < -0.3 is 0 Å². The van der Waals surface area contributed by atoms with E-state index in [1.165, 1.54) is 21.5 Å². The van der Waals surface area contributed by atoms with Crippen molar-refractivity contribution in [2.75, 3.05) is 0 Å². The molecule has 0 fully saturated rings. The lowest BCUT2D eigenvalue weighted by atomic mass is 9.84. The van der Waals surface area contributed by atoms with Crippen molar-refractivity contribution < 1.29 is 0 Å². The van der Waals surface area contributed by atoms with Gasteiger partial charge in [-0.3, -0.25) is 0 Å². The quantitative estimate of drug-likeness (QED) is 0.167. The first kappa shape index (κ1) is 24.0. The zero-order valence-electron chi connectivity index (χ0n) is 22.6. The molecule has 7 aromatic carbocycles. The van der Waals surface area contributed by atoms with Gasteiger partial charge in [0.05, 0.1) is 6.57 Å². The van der Waals surface area contributed by atoms with Crippen molar-refractivity contribution in [2.45, 2.75) is 0 Å². The molecule has 0 aliphatic heterocycles. The van der Waals surface area contributed by atoms with Crippen molar-refractivity contribution in [3.63, 3.8) is 0 Å². The monoisotopic (exact) mass is 533 g/mol. The van der Waals surface area contributed by atoms with E-state index in [-0.39, 0.29) is 0 Å². The van der Waals surface area contributed by atoms with E-state index >= 15 is 0 Å². The average molecular weight is 534 g/mol. The molecule has 0 radical (unpaired) electrons. The summed E-state index contributed by atoms with van der Waals surface area (Å²) in [4.78, 5) is 12.9. The first-order valence-electron chi connectivity index (χ1n) is 13.9. The number of nitrogens with zero attached hydrogens (tertiary/aromatic N) is 3. The summed E-state index contributed by atoms with van der Waals surface area (Å²) in [5.74, 6) is 0.694. The normalized spacial score (nSPS) is 11.3. The Morgan fingerprint density at radius 3 is 1.55 bits per heavy atom. The van der Waals surface area contributed by atoms with Crippen LogP contribution in [0.5, 0.6) is 0 Å². The number of hydrogen-bond donors (Lipinski definition) is 0. The summed E-state index contributed by atoms with van der Waals surface area (Å²) < 4.78 is 0. The molecule has 0 aliphatic carbocycles. The average Bonchev–Trinajstić information content (AvgIpc) is 3.06. The highest BCUT2D eigenvalue weighted by atomic mass is 14.8. The summed E-state index contributed by atoms with van der Waals surface area (Å²) in [7, 11) is 0. The van der Waals surface area contributed by atoms with Crippen LogP contribution >= 0.6 is 0 Å². The predicted molar refractivity (Wildman–Crippen MR) is 175 cm³/mol. The van der Waals surface area contributed by atoms with Crippen LogP contribution in [0, 0.1) is 6.57 Å². The molecule has 0 unspecified atom stereocenters. The third-order valence-corrected chi connectivity index (χ3v) is 8.13. The van der Waals surface area contributed by atoms with Crippen LogP contribution in [-0.2, 0) is 0 Å². The van der Waals surface area contributed by atoms with Crippen LogP contribution in [0.2, 0.25) is 0 Å². The second kappa shape index (κ2) is 9.66. The molecule has 194 valence electrons. The van der Waals surface area contributed by atoms with Crippen LogP contribution < -0.4 is 0 Å². The molecule has 0 N–H and O–H groups in total. The summed E-state index contributed by atoms with van der Waals surface area (Å²) in [6.45, 7) is 7.81. The van der Waals surface area contributed by atoms with Crippen LogP contribution in [0.4, 0.5) is 5.69 Å². The largest absolute Gasteiger partial charge is 0.238 e. The molecule has 0 bridgehead atoms. The van der Waals surface area contributed by atoms with Gasteiger partial charge in [-0.05, 0) is 95.7 Å². The Hall–Kier alpha value is -5.85. The van der Waals surface area contributed by atoms with Crippen LogP contribution in [0.25, 0.3) is 81.6 Å². The third-order valence-electron chi connectivity index (χ3n) is 8.13. The Morgan fingerprint density at radius 2 is 0.952 bits per heavy atom. The molecule has 0 saturated heterocycles. The van der Waals surface area contributed by atoms with E-state index < -0.39 is 0 Å². The van der Waals surface area contributed by atoms with Gasteiger partial charge in [0.15, 0.2) is 11.5 Å². The predicted octanol–water partition coefficient (Wildman–Crippen LogP) is 10.6. The Bertz CT molecular complexity index is 2370. The van der Waals surface area contributed by atoms with Gasteiger partial charge in [-0.1, -0.05) is 97.1 Å². The molecular weight excluding hydrogens is 510 g/mol. The third kappa shape index (κ3) is 3.90. The highest BCUT2D eigenvalue weighted by Crippen LogP contribution is 2.46. The number of aromatic nitrogens is 2. The highest BCUT2D eigenvalue weighted by molar-refractivity contribution is 6.23. The van der Waals surface area contributed by atoms with Gasteiger partial charge >= 0.3 is 0 Å². The molecule has 0 atom stereocenters. The van der Waals surface area contributed by atoms with E-state index in [0.29, 0.717) is 11.5 Å². The van der Waals surface area contributed by atoms with Crippen molar-refractivity contribution in [1.29, 1.82) is 0 Å². The topological polar surface area (TPSA) is 30.1 Å². The Kier molecular flexibility index (Phi) is 5.52.